The first-order valence-corrected chi connectivity index (χ1v) is 5.66. The Balaban J connectivity index is 2.16. The predicted molar refractivity (Wildman–Crippen MR) is 69.3 cm³/mol. The van der Waals surface area contributed by atoms with Gasteiger partial charge in [-0.05, 0) is 12.1 Å². The molecule has 0 fully saturated rings. The Bertz CT molecular complexity index is 636. The van der Waals surface area contributed by atoms with Gasteiger partial charge in [-0.25, -0.2) is 4.98 Å². The summed E-state index contributed by atoms with van der Waals surface area (Å²) in [6.07, 6.45) is 1.42. The summed E-state index contributed by atoms with van der Waals surface area (Å²) in [5.74, 6) is -0.242. The van der Waals surface area contributed by atoms with E-state index >= 15 is 0 Å². The first kappa shape index (κ1) is 13.6. The standard InChI is InChI=1S/C11H12N6O3/c12-9(10(13)18)5-16-6-14-11(15-16)7-1-3-8(4-2-7)17(19)20/h1-4,6,9H,5,12H2,(H2,13,18). The molecule has 0 saturated carbocycles. The van der Waals surface area contributed by atoms with Crippen LogP contribution < -0.4 is 11.5 Å². The molecule has 4 N–H and O–H groups in total. The van der Waals surface area contributed by atoms with Gasteiger partial charge in [-0.15, -0.1) is 0 Å². The molecule has 0 aliphatic carbocycles. The van der Waals surface area contributed by atoms with Gasteiger partial charge >= 0.3 is 0 Å². The summed E-state index contributed by atoms with van der Waals surface area (Å²) in [4.78, 5) is 25.0. The third-order valence-electron chi connectivity index (χ3n) is 2.62. The third kappa shape index (κ3) is 2.95. The van der Waals surface area contributed by atoms with Crippen molar-refractivity contribution < 1.29 is 9.72 Å². The molecule has 2 rings (SSSR count). The summed E-state index contributed by atoms with van der Waals surface area (Å²) in [5, 5.41) is 14.7. The molecule has 1 aromatic carbocycles. The number of hydrogen-bond acceptors (Lipinski definition) is 6. The average molecular weight is 276 g/mol. The Morgan fingerprint density at radius 3 is 2.60 bits per heavy atom. The van der Waals surface area contributed by atoms with Crippen molar-refractivity contribution in [3.63, 3.8) is 0 Å². The van der Waals surface area contributed by atoms with Gasteiger partial charge in [-0.2, -0.15) is 5.10 Å². The molecule has 1 atom stereocenters. The van der Waals surface area contributed by atoms with E-state index in [0.29, 0.717) is 11.4 Å². The van der Waals surface area contributed by atoms with Crippen LogP contribution in [0.5, 0.6) is 0 Å². The minimum atomic E-state index is -0.846. The highest BCUT2D eigenvalue weighted by molar-refractivity contribution is 5.79. The number of nitro groups is 1. The number of carbonyl (C=O) groups is 1. The number of carbonyl (C=O) groups excluding carboxylic acids is 1. The Morgan fingerprint density at radius 2 is 2.05 bits per heavy atom. The van der Waals surface area contributed by atoms with Crippen molar-refractivity contribution in [3.8, 4) is 11.4 Å². The molecule has 104 valence electrons. The number of benzene rings is 1. The smallest absolute Gasteiger partial charge is 0.269 e. The predicted octanol–water partition coefficient (Wildman–Crippen LogP) is -0.334. The van der Waals surface area contributed by atoms with E-state index in [4.69, 9.17) is 11.5 Å². The molecule has 1 amide bonds. The van der Waals surface area contributed by atoms with Gasteiger partial charge in [0.1, 0.15) is 12.4 Å². The maximum Gasteiger partial charge on any atom is 0.269 e. The Hall–Kier alpha value is -2.81. The third-order valence-corrected chi connectivity index (χ3v) is 2.62. The number of hydrogen-bond donors (Lipinski definition) is 2. The van der Waals surface area contributed by atoms with Crippen molar-refractivity contribution >= 4 is 11.6 Å². The summed E-state index contributed by atoms with van der Waals surface area (Å²) in [7, 11) is 0. The SMILES string of the molecule is NC(=O)C(N)Cn1cnc(-c2ccc([N+](=O)[O-])cc2)n1. The van der Waals surface area contributed by atoms with Crippen LogP contribution in [0.15, 0.2) is 30.6 Å². The molecular weight excluding hydrogens is 264 g/mol. The first-order valence-electron chi connectivity index (χ1n) is 5.66. The molecule has 1 heterocycles. The molecule has 0 radical (unpaired) electrons. The van der Waals surface area contributed by atoms with Gasteiger partial charge < -0.3 is 11.5 Å². The molecule has 0 aliphatic heterocycles. The average Bonchev–Trinajstić information content (AvgIpc) is 2.87. The topological polar surface area (TPSA) is 143 Å². The van der Waals surface area contributed by atoms with Gasteiger partial charge in [0.25, 0.3) is 5.69 Å². The Labute approximate surface area is 113 Å². The number of nitrogens with zero attached hydrogens (tertiary/aromatic N) is 4. The number of amides is 1. The number of aromatic nitrogens is 3. The zero-order valence-electron chi connectivity index (χ0n) is 10.3. The highest BCUT2D eigenvalue weighted by atomic mass is 16.6. The van der Waals surface area contributed by atoms with Gasteiger partial charge in [0.2, 0.25) is 5.91 Å². The van der Waals surface area contributed by atoms with Crippen LogP contribution in [0.3, 0.4) is 0 Å². The van der Waals surface area contributed by atoms with Gasteiger partial charge in [0, 0.05) is 17.7 Å². The molecule has 9 nitrogen and oxygen atoms in total. The fourth-order valence-corrected chi connectivity index (χ4v) is 1.54. The zero-order chi connectivity index (χ0) is 14.7. The maximum atomic E-state index is 10.9. The van der Waals surface area contributed by atoms with Crippen LogP contribution in [0.1, 0.15) is 0 Å². The Kier molecular flexibility index (Phi) is 3.71. The van der Waals surface area contributed by atoms with E-state index in [1.807, 2.05) is 0 Å². The van der Waals surface area contributed by atoms with Crippen LogP contribution >= 0.6 is 0 Å². The lowest BCUT2D eigenvalue weighted by atomic mass is 10.2. The second-order valence-corrected chi connectivity index (χ2v) is 4.10. The fraction of sp³-hybridized carbons (Fsp3) is 0.182. The molecule has 2 aromatic rings. The number of nitrogens with two attached hydrogens (primary N) is 2. The number of nitro benzene ring substituents is 1. The highest BCUT2D eigenvalue weighted by Crippen LogP contribution is 2.18. The lowest BCUT2D eigenvalue weighted by Crippen LogP contribution is -2.39. The molecular formula is C11H12N6O3. The van der Waals surface area contributed by atoms with E-state index in [2.05, 4.69) is 10.1 Å². The summed E-state index contributed by atoms with van der Waals surface area (Å²) in [6, 6.07) is 4.98. The van der Waals surface area contributed by atoms with Crippen molar-refractivity contribution in [2.75, 3.05) is 0 Å². The van der Waals surface area contributed by atoms with Gasteiger partial charge in [0.05, 0.1) is 11.5 Å². The molecule has 9 heteroatoms. The van der Waals surface area contributed by atoms with E-state index in [9.17, 15) is 14.9 Å². The van der Waals surface area contributed by atoms with Gasteiger partial charge in [-0.1, -0.05) is 0 Å². The number of primary amides is 1. The summed E-state index contributed by atoms with van der Waals surface area (Å²) >= 11 is 0. The van der Waals surface area contributed by atoms with E-state index in [-0.39, 0.29) is 12.2 Å². The number of non-ortho nitro benzene ring substituents is 1. The van der Waals surface area contributed by atoms with Crippen molar-refractivity contribution in [1.82, 2.24) is 14.8 Å². The molecule has 0 bridgehead atoms. The largest absolute Gasteiger partial charge is 0.368 e. The van der Waals surface area contributed by atoms with Crippen molar-refractivity contribution in [1.29, 1.82) is 0 Å². The molecule has 0 saturated heterocycles. The van der Waals surface area contributed by atoms with Crippen LogP contribution in [0.2, 0.25) is 0 Å². The molecule has 1 aromatic heterocycles. The van der Waals surface area contributed by atoms with E-state index < -0.39 is 16.9 Å². The molecule has 0 spiro atoms. The second kappa shape index (κ2) is 5.45. The zero-order valence-corrected chi connectivity index (χ0v) is 10.3. The lowest BCUT2D eigenvalue weighted by Gasteiger charge is -2.05. The van der Waals surface area contributed by atoms with Crippen LogP contribution in [-0.4, -0.2) is 31.6 Å². The van der Waals surface area contributed by atoms with Gasteiger partial charge in [0.15, 0.2) is 5.82 Å². The minimum absolute atomic E-state index is 0.0102. The van der Waals surface area contributed by atoms with E-state index in [1.54, 1.807) is 12.1 Å². The summed E-state index contributed by atoms with van der Waals surface area (Å²) < 4.78 is 1.40. The van der Waals surface area contributed by atoms with Crippen molar-refractivity contribution in [2.45, 2.75) is 12.6 Å². The molecule has 1 unspecified atom stereocenters. The van der Waals surface area contributed by atoms with E-state index in [1.165, 1.54) is 23.1 Å². The second-order valence-electron chi connectivity index (χ2n) is 4.10. The normalized spacial score (nSPS) is 12.1. The number of rotatable bonds is 5. The Morgan fingerprint density at radius 1 is 1.40 bits per heavy atom. The summed E-state index contributed by atoms with van der Waals surface area (Å²) in [6.45, 7) is 0.120. The van der Waals surface area contributed by atoms with E-state index in [0.717, 1.165) is 0 Å². The quantitative estimate of drug-likeness (QED) is 0.565. The van der Waals surface area contributed by atoms with Crippen molar-refractivity contribution in [3.05, 3.63) is 40.7 Å². The monoisotopic (exact) mass is 276 g/mol. The minimum Gasteiger partial charge on any atom is -0.368 e. The van der Waals surface area contributed by atoms with Gasteiger partial charge in [-0.3, -0.25) is 19.6 Å². The van der Waals surface area contributed by atoms with Crippen molar-refractivity contribution in [2.24, 2.45) is 11.5 Å². The summed E-state index contributed by atoms with van der Waals surface area (Å²) in [5.41, 5.74) is 11.2. The molecule has 0 aliphatic rings. The first-order chi connectivity index (χ1) is 9.47. The molecule has 20 heavy (non-hydrogen) atoms. The lowest BCUT2D eigenvalue weighted by molar-refractivity contribution is -0.384. The van der Waals surface area contributed by atoms with Crippen LogP contribution in [-0.2, 0) is 11.3 Å². The fourth-order valence-electron chi connectivity index (χ4n) is 1.54. The van der Waals surface area contributed by atoms with Crippen LogP contribution in [0.25, 0.3) is 11.4 Å². The maximum absolute atomic E-state index is 10.9. The highest BCUT2D eigenvalue weighted by Gasteiger charge is 2.12. The van der Waals surface area contributed by atoms with Crippen LogP contribution in [0, 0.1) is 10.1 Å². The van der Waals surface area contributed by atoms with Crippen LogP contribution in [0.4, 0.5) is 5.69 Å².